The van der Waals surface area contributed by atoms with E-state index in [0.29, 0.717) is 29.4 Å². The number of ether oxygens (including phenoxy) is 3. The monoisotopic (exact) mass is 456 g/mol. The smallest absolute Gasteiger partial charge is 0.275 e. The minimum Gasteiger partial charge on any atom is -0.496 e. The number of carbonyl (C=O) groups excluding carboxylic acids is 1. The Balaban J connectivity index is 1.82. The molecular formula is C22H21BrN2O4. The largest absolute Gasteiger partial charge is 0.496 e. The Morgan fingerprint density at radius 1 is 1.03 bits per heavy atom. The quantitative estimate of drug-likeness (QED) is 0.410. The number of nitrogens with zero attached hydrogens (tertiary/aromatic N) is 1. The number of benzene rings is 3. The molecule has 150 valence electrons. The summed E-state index contributed by atoms with van der Waals surface area (Å²) in [5.41, 5.74) is 3.69. The Labute approximate surface area is 177 Å². The number of nitrogens with one attached hydrogen (secondary N) is 1. The van der Waals surface area contributed by atoms with Gasteiger partial charge >= 0.3 is 0 Å². The van der Waals surface area contributed by atoms with Crippen LogP contribution in [0, 0.1) is 0 Å². The molecule has 0 radical (unpaired) electrons. The molecule has 0 atom stereocenters. The lowest BCUT2D eigenvalue weighted by atomic mass is 10.1. The number of hydrogen-bond donors (Lipinski definition) is 1. The molecule has 0 saturated heterocycles. The Morgan fingerprint density at radius 2 is 1.72 bits per heavy atom. The molecule has 0 aromatic heterocycles. The third-order valence-corrected chi connectivity index (χ3v) is 4.95. The molecule has 0 heterocycles. The van der Waals surface area contributed by atoms with Gasteiger partial charge in [-0.1, -0.05) is 24.3 Å². The maximum atomic E-state index is 12.6. The number of hydrogen-bond acceptors (Lipinski definition) is 5. The molecule has 3 aromatic rings. The number of methoxy groups -OCH3 is 2. The lowest BCUT2D eigenvalue weighted by molar-refractivity contribution is 0.0952. The Bertz CT molecular complexity index is 1070. The van der Waals surface area contributed by atoms with E-state index in [2.05, 4.69) is 26.5 Å². The van der Waals surface area contributed by atoms with Gasteiger partial charge in [0.1, 0.15) is 5.75 Å². The third-order valence-electron chi connectivity index (χ3n) is 4.26. The highest BCUT2D eigenvalue weighted by molar-refractivity contribution is 9.10. The molecule has 0 spiro atoms. The summed E-state index contributed by atoms with van der Waals surface area (Å²) in [5.74, 6) is 1.33. The van der Waals surface area contributed by atoms with E-state index in [4.69, 9.17) is 14.2 Å². The molecule has 7 heteroatoms. The zero-order chi connectivity index (χ0) is 20.8. The maximum Gasteiger partial charge on any atom is 0.275 e. The van der Waals surface area contributed by atoms with Crippen LogP contribution < -0.4 is 19.6 Å². The molecule has 1 N–H and O–H groups in total. The van der Waals surface area contributed by atoms with Crippen molar-refractivity contribution in [2.45, 2.75) is 6.92 Å². The summed E-state index contributed by atoms with van der Waals surface area (Å²) in [7, 11) is 3.11. The van der Waals surface area contributed by atoms with Gasteiger partial charge in [-0.3, -0.25) is 4.79 Å². The van der Waals surface area contributed by atoms with E-state index in [1.165, 1.54) is 13.3 Å². The first kappa shape index (κ1) is 20.7. The lowest BCUT2D eigenvalue weighted by Crippen LogP contribution is -2.18. The molecule has 0 bridgehead atoms. The van der Waals surface area contributed by atoms with Crippen molar-refractivity contribution in [2.75, 3.05) is 20.8 Å². The number of rotatable bonds is 7. The van der Waals surface area contributed by atoms with Crippen LogP contribution in [-0.4, -0.2) is 32.9 Å². The summed E-state index contributed by atoms with van der Waals surface area (Å²) in [6, 6.07) is 15.0. The summed E-state index contributed by atoms with van der Waals surface area (Å²) < 4.78 is 17.0. The molecule has 3 aromatic carbocycles. The van der Waals surface area contributed by atoms with Crippen molar-refractivity contribution in [3.8, 4) is 17.2 Å². The van der Waals surface area contributed by atoms with Crippen molar-refractivity contribution >= 4 is 38.8 Å². The highest BCUT2D eigenvalue weighted by Crippen LogP contribution is 2.33. The molecular weight excluding hydrogens is 436 g/mol. The van der Waals surface area contributed by atoms with E-state index in [1.54, 1.807) is 25.3 Å². The highest BCUT2D eigenvalue weighted by atomic mass is 79.9. The Kier molecular flexibility index (Phi) is 6.72. The van der Waals surface area contributed by atoms with Crippen LogP contribution in [0.25, 0.3) is 10.8 Å². The van der Waals surface area contributed by atoms with E-state index in [9.17, 15) is 4.79 Å². The van der Waals surface area contributed by atoms with Gasteiger partial charge in [-0.2, -0.15) is 5.10 Å². The average molecular weight is 457 g/mol. The number of halogens is 1. The standard InChI is InChI=1S/C22H21BrN2O4/c1-4-29-21-12-18(23)16(11-20(21)28-3)13-24-25-22(26)17-9-14-7-5-6-8-15(14)10-19(17)27-2/h5-13H,4H2,1-3H3,(H,25,26). The van der Waals surface area contributed by atoms with Gasteiger partial charge in [0.05, 0.1) is 32.6 Å². The molecule has 0 aliphatic rings. The molecule has 0 fully saturated rings. The molecule has 6 nitrogen and oxygen atoms in total. The lowest BCUT2D eigenvalue weighted by Gasteiger charge is -2.11. The van der Waals surface area contributed by atoms with Crippen LogP contribution >= 0.6 is 15.9 Å². The molecule has 0 saturated carbocycles. The first-order chi connectivity index (χ1) is 14.1. The zero-order valence-electron chi connectivity index (χ0n) is 16.4. The van der Waals surface area contributed by atoms with Crippen molar-refractivity contribution in [2.24, 2.45) is 5.10 Å². The molecule has 29 heavy (non-hydrogen) atoms. The molecule has 0 unspecified atom stereocenters. The van der Waals surface area contributed by atoms with Crippen LogP contribution in [0.1, 0.15) is 22.8 Å². The van der Waals surface area contributed by atoms with Crippen molar-refractivity contribution in [1.29, 1.82) is 0 Å². The third kappa shape index (κ3) is 4.68. The van der Waals surface area contributed by atoms with Gasteiger partial charge in [-0.25, -0.2) is 5.43 Å². The molecule has 1 amide bonds. The maximum absolute atomic E-state index is 12.6. The van der Waals surface area contributed by atoms with E-state index in [-0.39, 0.29) is 5.91 Å². The SMILES string of the molecule is CCOc1cc(Br)c(C=NNC(=O)c2cc3ccccc3cc2OC)cc1OC. The zero-order valence-corrected chi connectivity index (χ0v) is 17.9. The fourth-order valence-electron chi connectivity index (χ4n) is 2.86. The molecule has 0 aliphatic heterocycles. The van der Waals surface area contributed by atoms with E-state index in [1.807, 2.05) is 37.3 Å². The topological polar surface area (TPSA) is 69.2 Å². The van der Waals surface area contributed by atoms with Crippen molar-refractivity contribution in [1.82, 2.24) is 5.43 Å². The highest BCUT2D eigenvalue weighted by Gasteiger charge is 2.13. The van der Waals surface area contributed by atoms with Gasteiger partial charge in [-0.15, -0.1) is 0 Å². The van der Waals surface area contributed by atoms with Crippen LogP contribution in [0.5, 0.6) is 17.2 Å². The van der Waals surface area contributed by atoms with E-state index >= 15 is 0 Å². The van der Waals surface area contributed by atoms with Crippen molar-refractivity contribution in [3.05, 3.63) is 64.1 Å². The summed E-state index contributed by atoms with van der Waals surface area (Å²) in [4.78, 5) is 12.6. The fraction of sp³-hybridized carbons (Fsp3) is 0.182. The first-order valence-corrected chi connectivity index (χ1v) is 9.77. The second-order valence-corrected chi connectivity index (χ2v) is 6.91. The second kappa shape index (κ2) is 9.43. The van der Waals surface area contributed by atoms with Gasteiger partial charge in [0, 0.05) is 10.0 Å². The van der Waals surface area contributed by atoms with E-state index in [0.717, 1.165) is 20.8 Å². The van der Waals surface area contributed by atoms with E-state index < -0.39 is 0 Å². The summed E-state index contributed by atoms with van der Waals surface area (Å²) in [6.45, 7) is 2.43. The number of amides is 1. The molecule has 3 rings (SSSR count). The second-order valence-electron chi connectivity index (χ2n) is 6.06. The molecule has 0 aliphatic carbocycles. The van der Waals surface area contributed by atoms with Crippen LogP contribution in [0.4, 0.5) is 0 Å². The van der Waals surface area contributed by atoms with Gasteiger partial charge in [-0.05, 0) is 57.9 Å². The Hall–Kier alpha value is -3.06. The van der Waals surface area contributed by atoms with Crippen LogP contribution in [0.15, 0.2) is 58.1 Å². The minimum absolute atomic E-state index is 0.363. The Morgan fingerprint density at radius 3 is 2.38 bits per heavy atom. The van der Waals surface area contributed by atoms with Crippen LogP contribution in [0.3, 0.4) is 0 Å². The average Bonchev–Trinajstić information content (AvgIpc) is 2.74. The number of carbonyl (C=O) groups is 1. The van der Waals surface area contributed by atoms with Crippen LogP contribution in [0.2, 0.25) is 0 Å². The van der Waals surface area contributed by atoms with Gasteiger partial charge in [0.15, 0.2) is 11.5 Å². The normalized spacial score (nSPS) is 10.9. The van der Waals surface area contributed by atoms with Crippen LogP contribution in [-0.2, 0) is 0 Å². The summed E-state index contributed by atoms with van der Waals surface area (Å²) in [5, 5.41) is 6.02. The predicted molar refractivity (Wildman–Crippen MR) is 117 cm³/mol. The van der Waals surface area contributed by atoms with Gasteiger partial charge < -0.3 is 14.2 Å². The van der Waals surface area contributed by atoms with Gasteiger partial charge in [0.25, 0.3) is 5.91 Å². The van der Waals surface area contributed by atoms with Gasteiger partial charge in [0.2, 0.25) is 0 Å². The first-order valence-electron chi connectivity index (χ1n) is 8.97. The number of hydrazone groups is 1. The summed E-state index contributed by atoms with van der Waals surface area (Å²) in [6.07, 6.45) is 1.54. The number of fused-ring (bicyclic) bond motifs is 1. The van der Waals surface area contributed by atoms with Crippen molar-refractivity contribution < 1.29 is 19.0 Å². The minimum atomic E-state index is -0.363. The fourth-order valence-corrected chi connectivity index (χ4v) is 3.29. The summed E-state index contributed by atoms with van der Waals surface area (Å²) >= 11 is 3.48. The predicted octanol–water partition coefficient (Wildman–Crippen LogP) is 4.78. The van der Waals surface area contributed by atoms with Crippen molar-refractivity contribution in [3.63, 3.8) is 0 Å².